The summed E-state index contributed by atoms with van der Waals surface area (Å²) in [7, 11) is 0. The van der Waals surface area contributed by atoms with Crippen molar-refractivity contribution in [3.05, 3.63) is 35.9 Å². The van der Waals surface area contributed by atoms with E-state index in [-0.39, 0.29) is 0 Å². The van der Waals surface area contributed by atoms with E-state index in [0.29, 0.717) is 12.1 Å². The van der Waals surface area contributed by atoms with Gasteiger partial charge in [0, 0.05) is 18.6 Å². The number of hydrogen-bond acceptors (Lipinski definition) is 3. The molecule has 3 nitrogen and oxygen atoms in total. The van der Waals surface area contributed by atoms with Crippen molar-refractivity contribution in [3.63, 3.8) is 0 Å². The van der Waals surface area contributed by atoms with Crippen LogP contribution >= 0.6 is 0 Å². The predicted octanol–water partition coefficient (Wildman–Crippen LogP) is 2.03. The van der Waals surface area contributed by atoms with Crippen LogP contribution in [0.1, 0.15) is 31.2 Å². The monoisotopic (exact) mass is 241 g/mol. The minimum atomic E-state index is -0.584. The van der Waals surface area contributed by atoms with Gasteiger partial charge in [0.1, 0.15) is 5.54 Å². The molecule has 1 aromatic carbocycles. The normalized spacial score (nSPS) is 35.3. The van der Waals surface area contributed by atoms with Gasteiger partial charge in [0.05, 0.1) is 6.07 Å². The molecule has 94 valence electrons. The maximum absolute atomic E-state index is 9.20. The number of piperidine rings is 1. The smallest absolute Gasteiger partial charge is 0.107 e. The van der Waals surface area contributed by atoms with E-state index in [4.69, 9.17) is 5.73 Å². The van der Waals surface area contributed by atoms with Gasteiger partial charge in [-0.3, -0.25) is 4.90 Å². The van der Waals surface area contributed by atoms with E-state index in [2.05, 4.69) is 41.3 Å². The van der Waals surface area contributed by atoms with Crippen molar-refractivity contribution in [3.8, 4) is 6.07 Å². The Balaban J connectivity index is 1.75. The first-order chi connectivity index (χ1) is 8.70. The Kier molecular flexibility index (Phi) is 2.85. The van der Waals surface area contributed by atoms with Gasteiger partial charge in [-0.05, 0) is 31.2 Å². The van der Waals surface area contributed by atoms with Gasteiger partial charge in [-0.25, -0.2) is 0 Å². The average molecular weight is 241 g/mol. The molecule has 3 heteroatoms. The Morgan fingerprint density at radius 3 is 2.39 bits per heavy atom. The molecule has 0 aromatic heterocycles. The molecule has 0 saturated carbocycles. The summed E-state index contributed by atoms with van der Waals surface area (Å²) in [4.78, 5) is 2.55. The minimum Gasteiger partial charge on any atom is -0.313 e. The van der Waals surface area contributed by atoms with Crippen LogP contribution in [0.5, 0.6) is 0 Å². The van der Waals surface area contributed by atoms with Crippen molar-refractivity contribution in [2.45, 2.75) is 49.9 Å². The summed E-state index contributed by atoms with van der Waals surface area (Å²) in [6.07, 6.45) is 4.04. The maximum atomic E-state index is 9.20. The fraction of sp³-hybridized carbons (Fsp3) is 0.533. The fourth-order valence-electron chi connectivity index (χ4n) is 3.52. The summed E-state index contributed by atoms with van der Waals surface area (Å²) in [5, 5.41) is 9.20. The van der Waals surface area contributed by atoms with Crippen LogP contribution in [0.3, 0.4) is 0 Å². The highest BCUT2D eigenvalue weighted by Crippen LogP contribution is 2.40. The van der Waals surface area contributed by atoms with Crippen molar-refractivity contribution < 1.29 is 0 Å². The molecule has 2 aliphatic rings. The Labute approximate surface area is 108 Å². The third kappa shape index (κ3) is 2.03. The second-order valence-electron chi connectivity index (χ2n) is 5.72. The topological polar surface area (TPSA) is 53.1 Å². The molecule has 2 N–H and O–H groups in total. The van der Waals surface area contributed by atoms with Crippen LogP contribution in [0, 0.1) is 11.3 Å². The summed E-state index contributed by atoms with van der Waals surface area (Å²) in [5.41, 5.74) is 6.92. The highest BCUT2D eigenvalue weighted by molar-refractivity contribution is 5.18. The van der Waals surface area contributed by atoms with Gasteiger partial charge < -0.3 is 5.73 Å². The number of hydrogen-bond donors (Lipinski definition) is 1. The largest absolute Gasteiger partial charge is 0.313 e. The van der Waals surface area contributed by atoms with Gasteiger partial charge in [-0.2, -0.15) is 5.26 Å². The standard InChI is InChI=1S/C15H19N3/c16-11-15(17)8-13-6-7-14(9-15)18(13)10-12-4-2-1-3-5-12/h1-5,13-14H,6-10,17H2/t13-,14+,15?. The van der Waals surface area contributed by atoms with Crippen LogP contribution in [0.2, 0.25) is 0 Å². The van der Waals surface area contributed by atoms with Crippen LogP contribution in [-0.2, 0) is 6.54 Å². The Morgan fingerprint density at radius 2 is 1.83 bits per heavy atom. The van der Waals surface area contributed by atoms with Crippen LogP contribution in [0.15, 0.2) is 30.3 Å². The molecule has 1 aromatic rings. The van der Waals surface area contributed by atoms with E-state index in [1.54, 1.807) is 0 Å². The zero-order chi connectivity index (χ0) is 12.6. The minimum absolute atomic E-state index is 0.494. The van der Waals surface area contributed by atoms with Gasteiger partial charge in [-0.15, -0.1) is 0 Å². The fourth-order valence-corrected chi connectivity index (χ4v) is 3.52. The van der Waals surface area contributed by atoms with Crippen molar-refractivity contribution >= 4 is 0 Å². The summed E-state index contributed by atoms with van der Waals surface area (Å²) < 4.78 is 0. The van der Waals surface area contributed by atoms with E-state index >= 15 is 0 Å². The molecular weight excluding hydrogens is 222 g/mol. The molecule has 3 rings (SSSR count). The summed E-state index contributed by atoms with van der Waals surface area (Å²) >= 11 is 0. The van der Waals surface area contributed by atoms with Gasteiger partial charge in [0.2, 0.25) is 0 Å². The average Bonchev–Trinajstić information content (AvgIpc) is 2.64. The zero-order valence-electron chi connectivity index (χ0n) is 10.5. The molecule has 2 saturated heterocycles. The van der Waals surface area contributed by atoms with Crippen molar-refractivity contribution in [1.82, 2.24) is 4.90 Å². The lowest BCUT2D eigenvalue weighted by atomic mass is 9.85. The molecular formula is C15H19N3. The number of rotatable bonds is 2. The van der Waals surface area contributed by atoms with Gasteiger partial charge in [-0.1, -0.05) is 30.3 Å². The lowest BCUT2D eigenvalue weighted by molar-refractivity contribution is 0.100. The van der Waals surface area contributed by atoms with Crippen LogP contribution in [0.4, 0.5) is 0 Å². The summed E-state index contributed by atoms with van der Waals surface area (Å²) in [5.74, 6) is 0. The molecule has 18 heavy (non-hydrogen) atoms. The molecule has 2 aliphatic heterocycles. The number of nitrogens with two attached hydrogens (primary N) is 1. The lowest BCUT2D eigenvalue weighted by Crippen LogP contribution is -2.54. The van der Waals surface area contributed by atoms with Crippen LogP contribution in [-0.4, -0.2) is 22.5 Å². The number of nitriles is 1. The molecule has 0 radical (unpaired) electrons. The molecule has 2 fully saturated rings. The zero-order valence-corrected chi connectivity index (χ0v) is 10.5. The van der Waals surface area contributed by atoms with Gasteiger partial charge in [0.15, 0.2) is 0 Å². The molecule has 3 atom stereocenters. The highest BCUT2D eigenvalue weighted by Gasteiger charge is 2.46. The molecule has 2 bridgehead atoms. The Morgan fingerprint density at radius 1 is 1.22 bits per heavy atom. The van der Waals surface area contributed by atoms with E-state index in [0.717, 1.165) is 19.4 Å². The number of benzene rings is 1. The number of nitrogens with zero attached hydrogens (tertiary/aromatic N) is 2. The van der Waals surface area contributed by atoms with Crippen molar-refractivity contribution in [2.24, 2.45) is 5.73 Å². The summed E-state index contributed by atoms with van der Waals surface area (Å²) in [6.45, 7) is 0.998. The third-order valence-corrected chi connectivity index (χ3v) is 4.40. The van der Waals surface area contributed by atoms with E-state index in [1.807, 2.05) is 0 Å². The molecule has 2 heterocycles. The molecule has 0 amide bonds. The maximum Gasteiger partial charge on any atom is 0.107 e. The van der Waals surface area contributed by atoms with E-state index in [1.165, 1.54) is 18.4 Å². The quantitative estimate of drug-likeness (QED) is 0.862. The first kappa shape index (κ1) is 11.7. The lowest BCUT2D eigenvalue weighted by Gasteiger charge is -2.41. The van der Waals surface area contributed by atoms with E-state index in [9.17, 15) is 5.26 Å². The summed E-state index contributed by atoms with van der Waals surface area (Å²) in [6, 6.07) is 13.9. The van der Waals surface area contributed by atoms with Crippen LogP contribution < -0.4 is 5.73 Å². The first-order valence-electron chi connectivity index (χ1n) is 6.70. The van der Waals surface area contributed by atoms with Gasteiger partial charge >= 0.3 is 0 Å². The van der Waals surface area contributed by atoms with Gasteiger partial charge in [0.25, 0.3) is 0 Å². The third-order valence-electron chi connectivity index (χ3n) is 4.40. The predicted molar refractivity (Wildman–Crippen MR) is 70.6 cm³/mol. The van der Waals surface area contributed by atoms with Crippen LogP contribution in [0.25, 0.3) is 0 Å². The SMILES string of the molecule is N#CC1(N)C[C@H]2CC[C@@H](C1)N2Cc1ccccc1. The second kappa shape index (κ2) is 4.38. The van der Waals surface area contributed by atoms with Crippen molar-refractivity contribution in [1.29, 1.82) is 5.26 Å². The first-order valence-corrected chi connectivity index (χ1v) is 6.70. The molecule has 0 spiro atoms. The molecule has 0 aliphatic carbocycles. The number of fused-ring (bicyclic) bond motifs is 2. The highest BCUT2D eigenvalue weighted by atomic mass is 15.2. The van der Waals surface area contributed by atoms with E-state index < -0.39 is 5.54 Å². The Hall–Kier alpha value is -1.37. The Bertz CT molecular complexity index is 448. The van der Waals surface area contributed by atoms with Crippen molar-refractivity contribution in [2.75, 3.05) is 0 Å². The molecule has 1 unspecified atom stereocenters. The second-order valence-corrected chi connectivity index (χ2v) is 5.72.